The molecule has 2 rings (SSSR count). The molecule has 1 aromatic heterocycles. The van der Waals surface area contributed by atoms with Crippen molar-refractivity contribution in [1.82, 2.24) is 14.7 Å². The van der Waals surface area contributed by atoms with Crippen LogP contribution in [0.2, 0.25) is 5.02 Å². The fraction of sp³-hybridized carbons (Fsp3) is 0.692. The van der Waals surface area contributed by atoms with Gasteiger partial charge in [0.05, 0.1) is 28.9 Å². The Morgan fingerprint density at radius 3 is 2.95 bits per heavy atom. The van der Waals surface area contributed by atoms with Crippen molar-refractivity contribution in [3.8, 4) is 0 Å². The fourth-order valence-corrected chi connectivity index (χ4v) is 3.80. The molecule has 0 saturated carbocycles. The lowest BCUT2D eigenvalue weighted by molar-refractivity contribution is -0.122. The first-order chi connectivity index (χ1) is 9.04. The monoisotopic (exact) mass is 301 g/mol. The molecule has 2 heterocycles. The van der Waals surface area contributed by atoms with E-state index in [1.807, 2.05) is 37.3 Å². The number of likely N-dealkylation sites (N-methyl/N-ethyl adjacent to an activating group) is 1. The molecular formula is C13H20ClN3OS. The van der Waals surface area contributed by atoms with E-state index < -0.39 is 0 Å². The third-order valence-corrected chi connectivity index (χ3v) is 5.08. The Balaban J connectivity index is 2.14. The normalized spacial score (nSPS) is 20.7. The van der Waals surface area contributed by atoms with Gasteiger partial charge in [-0.15, -0.1) is 0 Å². The summed E-state index contributed by atoms with van der Waals surface area (Å²) in [4.78, 5) is 14.6. The van der Waals surface area contributed by atoms with Crippen LogP contribution in [-0.4, -0.2) is 51.6 Å². The average Bonchev–Trinajstić information content (AvgIpc) is 2.67. The van der Waals surface area contributed by atoms with Crippen molar-refractivity contribution >= 4 is 29.1 Å². The molecule has 0 aliphatic carbocycles. The molecular weight excluding hydrogens is 282 g/mol. The van der Waals surface area contributed by atoms with Crippen molar-refractivity contribution in [2.45, 2.75) is 32.9 Å². The Labute approximate surface area is 123 Å². The van der Waals surface area contributed by atoms with E-state index in [4.69, 9.17) is 11.6 Å². The minimum atomic E-state index is 0.00956. The number of ketones is 1. The van der Waals surface area contributed by atoms with E-state index in [2.05, 4.69) is 10.00 Å². The van der Waals surface area contributed by atoms with E-state index in [-0.39, 0.29) is 11.8 Å². The minimum absolute atomic E-state index is 0.00956. The topological polar surface area (TPSA) is 38.1 Å². The SMILES string of the molecule is CCn1nc(C)c(Cl)c1CC(=O)C1CSCCN1C. The lowest BCUT2D eigenvalue weighted by Crippen LogP contribution is -2.45. The number of hydrogen-bond donors (Lipinski definition) is 0. The minimum Gasteiger partial charge on any atom is -0.297 e. The number of carbonyl (C=O) groups is 1. The van der Waals surface area contributed by atoms with Gasteiger partial charge >= 0.3 is 0 Å². The smallest absolute Gasteiger partial charge is 0.156 e. The molecule has 1 aromatic rings. The van der Waals surface area contributed by atoms with Crippen molar-refractivity contribution in [1.29, 1.82) is 0 Å². The van der Waals surface area contributed by atoms with Gasteiger partial charge in [0.25, 0.3) is 0 Å². The highest BCUT2D eigenvalue weighted by molar-refractivity contribution is 7.99. The third-order valence-electron chi connectivity index (χ3n) is 3.56. The second-order valence-corrected chi connectivity index (χ2v) is 6.40. The number of carbonyl (C=O) groups excluding carboxylic acids is 1. The molecule has 106 valence electrons. The zero-order chi connectivity index (χ0) is 14.0. The van der Waals surface area contributed by atoms with Crippen molar-refractivity contribution in [3.63, 3.8) is 0 Å². The van der Waals surface area contributed by atoms with Gasteiger partial charge < -0.3 is 0 Å². The van der Waals surface area contributed by atoms with Gasteiger partial charge in [-0.05, 0) is 20.9 Å². The summed E-state index contributed by atoms with van der Waals surface area (Å²) in [6.07, 6.45) is 0.378. The predicted molar refractivity (Wildman–Crippen MR) is 80.1 cm³/mol. The maximum Gasteiger partial charge on any atom is 0.156 e. The summed E-state index contributed by atoms with van der Waals surface area (Å²) in [5, 5.41) is 5.00. The van der Waals surface area contributed by atoms with Gasteiger partial charge in [0.1, 0.15) is 0 Å². The van der Waals surface area contributed by atoms with Crippen molar-refractivity contribution < 1.29 is 4.79 Å². The van der Waals surface area contributed by atoms with Gasteiger partial charge in [0.2, 0.25) is 0 Å². The summed E-state index contributed by atoms with van der Waals surface area (Å²) >= 11 is 8.10. The number of thioether (sulfide) groups is 1. The summed E-state index contributed by atoms with van der Waals surface area (Å²) in [5.74, 6) is 2.23. The zero-order valence-corrected chi connectivity index (χ0v) is 13.2. The molecule has 0 N–H and O–H groups in total. The summed E-state index contributed by atoms with van der Waals surface area (Å²) in [5.41, 5.74) is 1.66. The second kappa shape index (κ2) is 6.29. The van der Waals surface area contributed by atoms with Crippen LogP contribution in [0.5, 0.6) is 0 Å². The maximum atomic E-state index is 12.5. The van der Waals surface area contributed by atoms with Crippen LogP contribution in [0.25, 0.3) is 0 Å². The molecule has 1 fully saturated rings. The van der Waals surface area contributed by atoms with Gasteiger partial charge in [-0.3, -0.25) is 14.4 Å². The lowest BCUT2D eigenvalue weighted by atomic mass is 10.1. The molecule has 1 atom stereocenters. The summed E-state index contributed by atoms with van der Waals surface area (Å²) < 4.78 is 1.84. The van der Waals surface area contributed by atoms with Crippen LogP contribution in [0.3, 0.4) is 0 Å². The number of aromatic nitrogens is 2. The quantitative estimate of drug-likeness (QED) is 0.853. The molecule has 0 bridgehead atoms. The van der Waals surface area contributed by atoms with E-state index in [9.17, 15) is 4.79 Å². The number of hydrogen-bond acceptors (Lipinski definition) is 4. The standard InChI is InChI=1S/C13H20ClN3OS/c1-4-17-10(13(14)9(2)15-17)7-12(18)11-8-19-6-5-16(11)3/h11H,4-8H2,1-3H3. The molecule has 1 saturated heterocycles. The Kier molecular flexibility index (Phi) is 4.92. The Morgan fingerprint density at radius 2 is 2.32 bits per heavy atom. The molecule has 0 amide bonds. The van der Waals surface area contributed by atoms with Crippen molar-refractivity contribution in [2.75, 3.05) is 25.1 Å². The van der Waals surface area contributed by atoms with Crippen LogP contribution < -0.4 is 0 Å². The number of Topliss-reactive ketones (excluding diaryl/α,β-unsaturated/α-hetero) is 1. The van der Waals surface area contributed by atoms with Crippen molar-refractivity contribution in [3.05, 3.63) is 16.4 Å². The largest absolute Gasteiger partial charge is 0.297 e. The van der Waals surface area contributed by atoms with Crippen LogP contribution in [-0.2, 0) is 17.8 Å². The first-order valence-corrected chi connectivity index (χ1v) is 8.10. The number of halogens is 1. The average molecular weight is 302 g/mol. The molecule has 19 heavy (non-hydrogen) atoms. The third kappa shape index (κ3) is 3.15. The van der Waals surface area contributed by atoms with Crippen LogP contribution in [0.15, 0.2) is 0 Å². The first-order valence-electron chi connectivity index (χ1n) is 6.57. The van der Waals surface area contributed by atoms with Crippen LogP contribution in [0, 0.1) is 6.92 Å². The molecule has 1 aliphatic rings. The highest BCUT2D eigenvalue weighted by Gasteiger charge is 2.28. The van der Waals surface area contributed by atoms with Gasteiger partial charge in [-0.2, -0.15) is 16.9 Å². The van der Waals surface area contributed by atoms with Gasteiger partial charge in [-0.25, -0.2) is 0 Å². The van der Waals surface area contributed by atoms with Crippen LogP contribution in [0.1, 0.15) is 18.3 Å². The van der Waals surface area contributed by atoms with Crippen molar-refractivity contribution in [2.24, 2.45) is 0 Å². The van der Waals surface area contributed by atoms with E-state index in [1.165, 1.54) is 0 Å². The molecule has 4 nitrogen and oxygen atoms in total. The molecule has 1 aliphatic heterocycles. The van der Waals surface area contributed by atoms with E-state index in [1.54, 1.807) is 0 Å². The van der Waals surface area contributed by atoms with Gasteiger partial charge in [-0.1, -0.05) is 11.6 Å². The molecule has 1 unspecified atom stereocenters. The van der Waals surface area contributed by atoms with Gasteiger partial charge in [0, 0.05) is 24.6 Å². The number of rotatable bonds is 4. The zero-order valence-electron chi connectivity index (χ0n) is 11.6. The van der Waals surface area contributed by atoms with E-state index in [0.29, 0.717) is 11.4 Å². The molecule has 0 radical (unpaired) electrons. The van der Waals surface area contributed by atoms with E-state index >= 15 is 0 Å². The predicted octanol–water partition coefficient (Wildman–Crippen LogP) is 2.02. The fourth-order valence-electron chi connectivity index (χ4n) is 2.35. The molecule has 6 heteroatoms. The molecule has 0 aromatic carbocycles. The lowest BCUT2D eigenvalue weighted by Gasteiger charge is -2.30. The highest BCUT2D eigenvalue weighted by atomic mass is 35.5. The first kappa shape index (κ1) is 14.9. The second-order valence-electron chi connectivity index (χ2n) is 4.88. The number of aryl methyl sites for hydroxylation is 2. The summed E-state index contributed by atoms with van der Waals surface area (Å²) in [6, 6.07) is 0.00956. The van der Waals surface area contributed by atoms with Crippen LogP contribution >= 0.6 is 23.4 Å². The van der Waals surface area contributed by atoms with Gasteiger partial charge in [0.15, 0.2) is 5.78 Å². The molecule has 0 spiro atoms. The summed E-state index contributed by atoms with van der Waals surface area (Å²) in [7, 11) is 2.02. The Morgan fingerprint density at radius 1 is 1.58 bits per heavy atom. The summed E-state index contributed by atoms with van der Waals surface area (Å²) in [6.45, 7) is 5.61. The highest BCUT2D eigenvalue weighted by Crippen LogP contribution is 2.23. The maximum absolute atomic E-state index is 12.5. The Bertz CT molecular complexity index is 475. The van der Waals surface area contributed by atoms with Crippen LogP contribution in [0.4, 0.5) is 0 Å². The number of nitrogens with zero attached hydrogens (tertiary/aromatic N) is 3. The van der Waals surface area contributed by atoms with E-state index in [0.717, 1.165) is 36.0 Å². The Hall–Kier alpha value is -0.520.